The van der Waals surface area contributed by atoms with Gasteiger partial charge >= 0.3 is 5.97 Å². The van der Waals surface area contributed by atoms with Crippen molar-refractivity contribution in [2.75, 3.05) is 13.2 Å². The second-order valence-electron chi connectivity index (χ2n) is 11.7. The van der Waals surface area contributed by atoms with E-state index >= 15 is 0 Å². The summed E-state index contributed by atoms with van der Waals surface area (Å²) in [5.74, 6) is -5.25. The second-order valence-corrected chi connectivity index (χ2v) is 11.7. The first-order valence-corrected chi connectivity index (χ1v) is 15.2. The van der Waals surface area contributed by atoms with E-state index in [1.54, 1.807) is 26.0 Å². The van der Waals surface area contributed by atoms with Crippen LogP contribution in [0.2, 0.25) is 0 Å². The lowest BCUT2D eigenvalue weighted by molar-refractivity contribution is -0.142. The van der Waals surface area contributed by atoms with Crippen LogP contribution < -0.4 is 32.3 Å². The molecule has 0 aliphatic rings. The monoisotopic (exact) mass is 672 g/mol. The van der Waals surface area contributed by atoms with Crippen molar-refractivity contribution in [3.05, 3.63) is 59.7 Å². The van der Waals surface area contributed by atoms with Gasteiger partial charge in [-0.1, -0.05) is 38.1 Å². The molecule has 0 aliphatic carbocycles. The molecule has 48 heavy (non-hydrogen) atoms. The first-order chi connectivity index (χ1) is 22.6. The number of aliphatic hydroxyl groups excluding tert-OH is 1. The van der Waals surface area contributed by atoms with Gasteiger partial charge in [0.25, 0.3) is 0 Å². The van der Waals surface area contributed by atoms with E-state index < -0.39 is 78.9 Å². The molecule has 0 heterocycles. The molecule has 0 aromatic heterocycles. The Morgan fingerprint density at radius 3 is 1.67 bits per heavy atom. The largest absolute Gasteiger partial charge is 0.508 e. The van der Waals surface area contributed by atoms with Crippen LogP contribution in [-0.2, 0) is 41.6 Å². The maximum Gasteiger partial charge on any atom is 0.326 e. The van der Waals surface area contributed by atoms with E-state index in [0.717, 1.165) is 0 Å². The van der Waals surface area contributed by atoms with E-state index in [-0.39, 0.29) is 36.7 Å². The van der Waals surface area contributed by atoms with Crippen molar-refractivity contribution in [2.45, 2.75) is 70.2 Å². The van der Waals surface area contributed by atoms with Crippen molar-refractivity contribution < 1.29 is 49.2 Å². The predicted octanol–water partition coefficient (Wildman–Crippen LogP) is -1.59. The summed E-state index contributed by atoms with van der Waals surface area (Å²) in [5.41, 5.74) is 7.15. The Morgan fingerprint density at radius 2 is 1.17 bits per heavy atom. The number of aliphatic carboxylic acids is 1. The molecule has 0 fully saturated rings. The van der Waals surface area contributed by atoms with Crippen molar-refractivity contribution in [3.63, 3.8) is 0 Å². The molecule has 16 heteroatoms. The first kappa shape index (κ1) is 39.0. The van der Waals surface area contributed by atoms with Gasteiger partial charge in [-0.15, -0.1) is 0 Å². The van der Waals surface area contributed by atoms with E-state index in [1.807, 2.05) is 0 Å². The molecule has 16 nitrogen and oxygen atoms in total. The zero-order valence-corrected chi connectivity index (χ0v) is 26.9. The smallest absolute Gasteiger partial charge is 0.326 e. The Balaban J connectivity index is 1.91. The summed E-state index contributed by atoms with van der Waals surface area (Å²) in [7, 11) is 0. The Kier molecular flexibility index (Phi) is 15.3. The van der Waals surface area contributed by atoms with Gasteiger partial charge in [-0.05, 0) is 61.1 Å². The van der Waals surface area contributed by atoms with Crippen LogP contribution in [0.4, 0.5) is 0 Å². The molecule has 0 aliphatic heterocycles. The van der Waals surface area contributed by atoms with Crippen molar-refractivity contribution in [2.24, 2.45) is 11.7 Å². The Bertz CT molecular complexity index is 1420. The number of hydrogen-bond acceptors (Lipinski definition) is 10. The van der Waals surface area contributed by atoms with Crippen LogP contribution in [0.3, 0.4) is 0 Å². The van der Waals surface area contributed by atoms with Crippen LogP contribution in [0.5, 0.6) is 11.5 Å². The highest BCUT2D eigenvalue weighted by Crippen LogP contribution is 2.13. The quantitative estimate of drug-likeness (QED) is 0.0862. The summed E-state index contributed by atoms with van der Waals surface area (Å²) < 4.78 is 0. The predicted molar refractivity (Wildman–Crippen MR) is 172 cm³/mol. The molecule has 2 rings (SSSR count). The number of aliphatic hydroxyl groups is 1. The maximum absolute atomic E-state index is 13.0. The number of nitrogens with two attached hydrogens (primary N) is 1. The number of carbonyl (C=O) groups excluding carboxylic acids is 5. The third-order valence-electron chi connectivity index (χ3n) is 7.07. The standard InChI is InChI=1S/C32H44N6O10/c1-17(2)12-24(36-31(46)26(16-39)38-29(44)23(33)13-19-4-8-21(40)9-5-19)30(45)34-15-27(42)35-18(3)28(43)37-25(32(47)48)14-20-6-10-22(41)11-7-20/h4-11,17-18,23-26,39-41H,12-16,33H2,1-3H3,(H,34,45)(H,35,42)(H,36,46)(H,37,43)(H,38,44)(H,47,48)/t18-,23-,24-,25-,26-/m0/s1. The van der Waals surface area contributed by atoms with Crippen LogP contribution in [-0.4, -0.2) is 99.3 Å². The van der Waals surface area contributed by atoms with Crippen molar-refractivity contribution in [1.82, 2.24) is 26.6 Å². The number of hydrogen-bond donors (Lipinski definition) is 10. The van der Waals surface area contributed by atoms with Crippen molar-refractivity contribution in [1.29, 1.82) is 0 Å². The minimum Gasteiger partial charge on any atom is -0.508 e. The fourth-order valence-electron chi connectivity index (χ4n) is 4.44. The molecule has 5 atom stereocenters. The zero-order valence-electron chi connectivity index (χ0n) is 26.9. The van der Waals surface area contributed by atoms with Crippen LogP contribution in [0.25, 0.3) is 0 Å². The topological polar surface area (TPSA) is 270 Å². The number of carboxylic acids is 1. The summed E-state index contributed by atoms with van der Waals surface area (Å²) in [6, 6.07) is 5.67. The normalized spacial score (nSPS) is 14.0. The van der Waals surface area contributed by atoms with E-state index in [9.17, 15) is 49.2 Å². The lowest BCUT2D eigenvalue weighted by atomic mass is 10.0. The average molecular weight is 673 g/mol. The molecule has 0 spiro atoms. The lowest BCUT2D eigenvalue weighted by Crippen LogP contribution is -2.58. The highest BCUT2D eigenvalue weighted by molar-refractivity contribution is 5.95. The van der Waals surface area contributed by atoms with Crippen LogP contribution in [0.1, 0.15) is 38.3 Å². The number of nitrogens with one attached hydrogen (secondary N) is 5. The highest BCUT2D eigenvalue weighted by Gasteiger charge is 2.29. The molecule has 0 unspecified atom stereocenters. The van der Waals surface area contributed by atoms with E-state index in [1.165, 1.54) is 43.3 Å². The zero-order chi connectivity index (χ0) is 36.0. The number of rotatable bonds is 18. The fraction of sp³-hybridized carbons (Fsp3) is 0.438. The molecule has 0 saturated carbocycles. The first-order valence-electron chi connectivity index (χ1n) is 15.2. The summed E-state index contributed by atoms with van der Waals surface area (Å²) >= 11 is 0. The Morgan fingerprint density at radius 1 is 0.667 bits per heavy atom. The van der Waals surface area contributed by atoms with Gasteiger partial charge in [0, 0.05) is 6.42 Å². The molecule has 262 valence electrons. The number of benzene rings is 2. The Labute approximate surface area is 277 Å². The van der Waals surface area contributed by atoms with Gasteiger partial charge in [0.05, 0.1) is 19.2 Å². The summed E-state index contributed by atoms with van der Waals surface area (Å²) in [6.45, 7) is 3.54. The van der Waals surface area contributed by atoms with E-state index in [2.05, 4.69) is 26.6 Å². The van der Waals surface area contributed by atoms with Gasteiger partial charge in [-0.25, -0.2) is 4.79 Å². The minimum absolute atomic E-state index is 0.00156. The number of phenolic OH excluding ortho intramolecular Hbond substituents is 2. The molecule has 0 bridgehead atoms. The van der Waals surface area contributed by atoms with Gasteiger partial charge in [0.2, 0.25) is 29.5 Å². The molecule has 0 radical (unpaired) electrons. The Hall–Kier alpha value is -5.22. The summed E-state index contributed by atoms with van der Waals surface area (Å²) in [4.78, 5) is 75.3. The molecule has 2 aromatic carbocycles. The van der Waals surface area contributed by atoms with E-state index in [0.29, 0.717) is 11.1 Å². The number of carbonyl (C=O) groups is 6. The van der Waals surface area contributed by atoms with Gasteiger partial charge in [-0.3, -0.25) is 24.0 Å². The summed E-state index contributed by atoms with van der Waals surface area (Å²) in [5, 5.41) is 50.1. The van der Waals surface area contributed by atoms with Gasteiger partial charge < -0.3 is 52.7 Å². The lowest BCUT2D eigenvalue weighted by Gasteiger charge is -2.24. The molecule has 11 N–H and O–H groups in total. The SMILES string of the molecule is CC(C)C[C@H](NC(=O)[C@H](CO)NC(=O)[C@@H](N)Cc1ccc(O)cc1)C(=O)NCC(=O)N[C@@H](C)C(=O)N[C@@H](Cc1ccc(O)cc1)C(=O)O. The van der Waals surface area contributed by atoms with Crippen LogP contribution in [0.15, 0.2) is 48.5 Å². The highest BCUT2D eigenvalue weighted by atomic mass is 16.4. The van der Waals surface area contributed by atoms with E-state index in [4.69, 9.17) is 5.73 Å². The van der Waals surface area contributed by atoms with Crippen molar-refractivity contribution in [3.8, 4) is 11.5 Å². The third kappa shape index (κ3) is 13.3. The van der Waals surface area contributed by atoms with Crippen LogP contribution in [0, 0.1) is 5.92 Å². The van der Waals surface area contributed by atoms with Gasteiger partial charge in [-0.2, -0.15) is 0 Å². The molecular weight excluding hydrogens is 628 g/mol. The number of phenols is 2. The molecular formula is C32H44N6O10. The molecule has 0 saturated heterocycles. The molecule has 2 aromatic rings. The average Bonchev–Trinajstić information content (AvgIpc) is 3.03. The maximum atomic E-state index is 13.0. The van der Waals surface area contributed by atoms with Gasteiger partial charge in [0.1, 0.15) is 35.7 Å². The number of amides is 5. The van der Waals surface area contributed by atoms with Crippen molar-refractivity contribution >= 4 is 35.5 Å². The summed E-state index contributed by atoms with van der Waals surface area (Å²) in [6.07, 6.45) is 0.156. The van der Waals surface area contributed by atoms with Crippen LogP contribution >= 0.6 is 0 Å². The fourth-order valence-corrected chi connectivity index (χ4v) is 4.44. The second kappa shape index (κ2) is 18.8. The number of carboxylic acid groups (broad SMARTS) is 1. The third-order valence-corrected chi connectivity index (χ3v) is 7.07. The van der Waals surface area contributed by atoms with Gasteiger partial charge in [0.15, 0.2) is 0 Å². The number of aromatic hydroxyl groups is 2. The molecule has 5 amide bonds. The minimum atomic E-state index is -1.43.